The zero-order valence-electron chi connectivity index (χ0n) is 9.65. The molecule has 0 unspecified atom stereocenters. The molecular formula is C13H14FN3. The molecule has 0 fully saturated rings. The van der Waals surface area contributed by atoms with Crippen LogP contribution in [-0.4, -0.2) is 16.5 Å². The van der Waals surface area contributed by atoms with Gasteiger partial charge in [0.25, 0.3) is 0 Å². The number of benzene rings is 1. The molecule has 0 aliphatic rings. The molecule has 1 aromatic heterocycles. The molecule has 1 N–H and O–H groups in total. The highest BCUT2D eigenvalue weighted by Crippen LogP contribution is 2.20. The van der Waals surface area contributed by atoms with E-state index in [1.54, 1.807) is 24.7 Å². The third-order valence-corrected chi connectivity index (χ3v) is 2.45. The fourth-order valence-corrected chi connectivity index (χ4v) is 1.58. The minimum absolute atomic E-state index is 0.263. The van der Waals surface area contributed by atoms with Crippen molar-refractivity contribution in [3.8, 4) is 11.3 Å². The highest BCUT2D eigenvalue weighted by atomic mass is 19.1. The van der Waals surface area contributed by atoms with Crippen LogP contribution in [0.1, 0.15) is 12.5 Å². The monoisotopic (exact) mass is 231 g/mol. The predicted molar refractivity (Wildman–Crippen MR) is 64.8 cm³/mol. The smallest absolute Gasteiger partial charge is 0.132 e. The van der Waals surface area contributed by atoms with Gasteiger partial charge in [0, 0.05) is 24.5 Å². The lowest BCUT2D eigenvalue weighted by atomic mass is 10.1. The van der Waals surface area contributed by atoms with Crippen LogP contribution in [0.4, 0.5) is 4.39 Å². The van der Waals surface area contributed by atoms with Gasteiger partial charge in [0.15, 0.2) is 0 Å². The second kappa shape index (κ2) is 5.50. The molecule has 0 spiro atoms. The average Bonchev–Trinajstić information content (AvgIpc) is 2.37. The SMILES string of the molecule is CCNCc1ccc(-c2cnccn2)c(F)c1. The normalized spacial score (nSPS) is 10.5. The number of halogens is 1. The van der Waals surface area contributed by atoms with E-state index in [4.69, 9.17) is 0 Å². The average molecular weight is 231 g/mol. The third-order valence-electron chi connectivity index (χ3n) is 2.45. The molecule has 1 heterocycles. The molecule has 0 aliphatic heterocycles. The summed E-state index contributed by atoms with van der Waals surface area (Å²) in [4.78, 5) is 8.02. The van der Waals surface area contributed by atoms with Gasteiger partial charge in [-0.1, -0.05) is 13.0 Å². The second-order valence-corrected chi connectivity index (χ2v) is 3.69. The predicted octanol–water partition coefficient (Wildman–Crippen LogP) is 2.39. The van der Waals surface area contributed by atoms with Gasteiger partial charge in [0.2, 0.25) is 0 Å². The molecule has 4 heteroatoms. The molecule has 0 bridgehead atoms. The van der Waals surface area contributed by atoms with E-state index in [1.807, 2.05) is 13.0 Å². The van der Waals surface area contributed by atoms with Crippen molar-refractivity contribution in [2.45, 2.75) is 13.5 Å². The molecule has 88 valence electrons. The molecule has 0 aliphatic carbocycles. The number of aromatic nitrogens is 2. The van der Waals surface area contributed by atoms with Crippen molar-refractivity contribution in [3.05, 3.63) is 48.2 Å². The molecule has 0 saturated heterocycles. The van der Waals surface area contributed by atoms with Gasteiger partial charge in [-0.15, -0.1) is 0 Å². The maximum atomic E-state index is 13.9. The summed E-state index contributed by atoms with van der Waals surface area (Å²) < 4.78 is 13.9. The van der Waals surface area contributed by atoms with E-state index in [0.717, 1.165) is 12.1 Å². The van der Waals surface area contributed by atoms with E-state index in [-0.39, 0.29) is 5.82 Å². The van der Waals surface area contributed by atoms with Crippen LogP contribution in [0.2, 0.25) is 0 Å². The maximum absolute atomic E-state index is 13.9. The van der Waals surface area contributed by atoms with Gasteiger partial charge in [-0.05, 0) is 24.2 Å². The van der Waals surface area contributed by atoms with E-state index < -0.39 is 0 Å². The lowest BCUT2D eigenvalue weighted by Gasteiger charge is -2.06. The van der Waals surface area contributed by atoms with E-state index in [1.165, 1.54) is 6.07 Å². The summed E-state index contributed by atoms with van der Waals surface area (Å²) in [6.45, 7) is 3.56. The summed E-state index contributed by atoms with van der Waals surface area (Å²) in [6, 6.07) is 5.18. The Morgan fingerprint density at radius 1 is 1.29 bits per heavy atom. The molecule has 0 radical (unpaired) electrons. The Bertz CT molecular complexity index is 485. The molecule has 0 amide bonds. The number of hydrogen-bond donors (Lipinski definition) is 1. The summed E-state index contributed by atoms with van der Waals surface area (Å²) in [6.07, 6.45) is 4.69. The van der Waals surface area contributed by atoms with Crippen molar-refractivity contribution in [2.24, 2.45) is 0 Å². The number of nitrogens with zero attached hydrogens (tertiary/aromatic N) is 2. The van der Waals surface area contributed by atoms with Gasteiger partial charge in [-0.3, -0.25) is 9.97 Å². The highest BCUT2D eigenvalue weighted by molar-refractivity contribution is 5.59. The maximum Gasteiger partial charge on any atom is 0.132 e. The van der Waals surface area contributed by atoms with Crippen molar-refractivity contribution < 1.29 is 4.39 Å². The fraction of sp³-hybridized carbons (Fsp3) is 0.231. The summed E-state index contributed by atoms with van der Waals surface area (Å²) in [5, 5.41) is 3.16. The highest BCUT2D eigenvalue weighted by Gasteiger charge is 2.06. The van der Waals surface area contributed by atoms with Crippen molar-refractivity contribution in [1.29, 1.82) is 0 Å². The van der Waals surface area contributed by atoms with Crippen LogP contribution in [0.3, 0.4) is 0 Å². The first-order valence-corrected chi connectivity index (χ1v) is 5.56. The fourth-order valence-electron chi connectivity index (χ4n) is 1.58. The quantitative estimate of drug-likeness (QED) is 0.878. The van der Waals surface area contributed by atoms with E-state index in [2.05, 4.69) is 15.3 Å². The van der Waals surface area contributed by atoms with Gasteiger partial charge in [0.1, 0.15) is 5.82 Å². The molecule has 0 saturated carbocycles. The standard InChI is InChI=1S/C13H14FN3/c1-2-15-8-10-3-4-11(12(14)7-10)13-9-16-5-6-17-13/h3-7,9,15H,2,8H2,1H3. The van der Waals surface area contributed by atoms with Crippen LogP contribution >= 0.6 is 0 Å². The summed E-state index contributed by atoms with van der Waals surface area (Å²) >= 11 is 0. The summed E-state index contributed by atoms with van der Waals surface area (Å²) in [5.41, 5.74) is 1.97. The molecule has 2 aromatic rings. The van der Waals surface area contributed by atoms with Crippen LogP contribution in [0.15, 0.2) is 36.8 Å². The van der Waals surface area contributed by atoms with Crippen LogP contribution in [-0.2, 0) is 6.54 Å². The lowest BCUT2D eigenvalue weighted by molar-refractivity contribution is 0.624. The minimum Gasteiger partial charge on any atom is -0.313 e. The van der Waals surface area contributed by atoms with Crippen molar-refractivity contribution >= 4 is 0 Å². The van der Waals surface area contributed by atoms with Crippen LogP contribution in [0, 0.1) is 5.82 Å². The zero-order chi connectivity index (χ0) is 12.1. The summed E-state index contributed by atoms with van der Waals surface area (Å²) in [7, 11) is 0. The largest absolute Gasteiger partial charge is 0.313 e. The summed E-state index contributed by atoms with van der Waals surface area (Å²) in [5.74, 6) is -0.263. The van der Waals surface area contributed by atoms with E-state index in [0.29, 0.717) is 17.8 Å². The first kappa shape index (κ1) is 11.7. The van der Waals surface area contributed by atoms with E-state index in [9.17, 15) is 4.39 Å². The van der Waals surface area contributed by atoms with Crippen molar-refractivity contribution in [3.63, 3.8) is 0 Å². The molecular weight excluding hydrogens is 217 g/mol. The minimum atomic E-state index is -0.263. The second-order valence-electron chi connectivity index (χ2n) is 3.69. The Hall–Kier alpha value is -1.81. The molecule has 17 heavy (non-hydrogen) atoms. The Labute approximate surface area is 99.7 Å². The Kier molecular flexibility index (Phi) is 3.77. The zero-order valence-corrected chi connectivity index (χ0v) is 9.65. The first-order chi connectivity index (χ1) is 8.31. The van der Waals surface area contributed by atoms with Crippen molar-refractivity contribution in [2.75, 3.05) is 6.54 Å². The lowest BCUT2D eigenvalue weighted by Crippen LogP contribution is -2.11. The number of nitrogens with one attached hydrogen (secondary N) is 1. The first-order valence-electron chi connectivity index (χ1n) is 5.56. The van der Waals surface area contributed by atoms with Crippen molar-refractivity contribution in [1.82, 2.24) is 15.3 Å². The topological polar surface area (TPSA) is 37.8 Å². The number of hydrogen-bond acceptors (Lipinski definition) is 3. The van der Waals surface area contributed by atoms with Crippen LogP contribution in [0.25, 0.3) is 11.3 Å². The van der Waals surface area contributed by atoms with Gasteiger partial charge in [-0.2, -0.15) is 0 Å². The van der Waals surface area contributed by atoms with Gasteiger partial charge in [0.05, 0.1) is 11.9 Å². The van der Waals surface area contributed by atoms with Crippen LogP contribution in [0.5, 0.6) is 0 Å². The molecule has 2 rings (SSSR count). The molecule has 0 atom stereocenters. The third kappa shape index (κ3) is 2.85. The van der Waals surface area contributed by atoms with Gasteiger partial charge < -0.3 is 5.32 Å². The van der Waals surface area contributed by atoms with E-state index >= 15 is 0 Å². The Morgan fingerprint density at radius 2 is 2.18 bits per heavy atom. The van der Waals surface area contributed by atoms with Crippen LogP contribution < -0.4 is 5.32 Å². The Morgan fingerprint density at radius 3 is 2.82 bits per heavy atom. The van der Waals surface area contributed by atoms with Gasteiger partial charge in [-0.25, -0.2) is 4.39 Å². The molecule has 1 aromatic carbocycles. The Balaban J connectivity index is 2.26. The van der Waals surface area contributed by atoms with Gasteiger partial charge >= 0.3 is 0 Å². The number of rotatable bonds is 4. The molecule has 3 nitrogen and oxygen atoms in total.